The van der Waals surface area contributed by atoms with Crippen LogP contribution in [0.3, 0.4) is 0 Å². The minimum Gasteiger partial charge on any atom is -0.481 e. The van der Waals surface area contributed by atoms with Gasteiger partial charge in [-0.15, -0.1) is 0 Å². The highest BCUT2D eigenvalue weighted by molar-refractivity contribution is 5.24. The van der Waals surface area contributed by atoms with Gasteiger partial charge in [-0.1, -0.05) is 6.07 Å². The van der Waals surface area contributed by atoms with Gasteiger partial charge < -0.3 is 19.9 Å². The molecule has 5 nitrogen and oxygen atoms in total. The second-order valence-corrected chi connectivity index (χ2v) is 5.38. The molecule has 19 heavy (non-hydrogen) atoms. The number of hydrogen-bond donors (Lipinski definition) is 2. The van der Waals surface area contributed by atoms with Crippen LogP contribution in [0, 0.1) is 0 Å². The van der Waals surface area contributed by atoms with E-state index in [-0.39, 0.29) is 5.60 Å². The average Bonchev–Trinajstić information content (AvgIpc) is 2.36. The molecule has 0 aromatic carbocycles. The van der Waals surface area contributed by atoms with Gasteiger partial charge in [0.25, 0.3) is 0 Å². The molecule has 0 saturated carbocycles. The number of nitrogens with one attached hydrogen (secondary N) is 1. The first kappa shape index (κ1) is 15.9. The van der Waals surface area contributed by atoms with E-state index in [1.807, 2.05) is 32.9 Å². The van der Waals surface area contributed by atoms with Gasteiger partial charge in [-0.25, -0.2) is 4.98 Å². The Kier molecular flexibility index (Phi) is 6.21. The van der Waals surface area contributed by atoms with E-state index in [2.05, 4.69) is 10.3 Å². The molecule has 0 aliphatic heterocycles. The predicted octanol–water partition coefficient (Wildman–Crippen LogP) is 1.36. The van der Waals surface area contributed by atoms with E-state index < -0.39 is 6.10 Å². The molecule has 0 amide bonds. The molecule has 0 spiro atoms. The lowest BCUT2D eigenvalue weighted by molar-refractivity contribution is -0.0479. The lowest BCUT2D eigenvalue weighted by Gasteiger charge is -2.22. The Bertz CT molecular complexity index is 377. The quantitative estimate of drug-likeness (QED) is 0.781. The Morgan fingerprint density at radius 3 is 2.79 bits per heavy atom. The maximum Gasteiger partial charge on any atom is 0.217 e. The molecule has 1 rings (SSSR count). The zero-order valence-corrected chi connectivity index (χ0v) is 12.1. The minimum atomic E-state index is -0.526. The second kappa shape index (κ2) is 7.43. The van der Waals surface area contributed by atoms with Gasteiger partial charge in [0.15, 0.2) is 0 Å². The Balaban J connectivity index is 2.30. The third-order valence-corrected chi connectivity index (χ3v) is 2.45. The molecule has 1 heterocycles. The predicted molar refractivity (Wildman–Crippen MR) is 74.2 cm³/mol. The summed E-state index contributed by atoms with van der Waals surface area (Å²) in [5.41, 5.74) is 0.738. The summed E-state index contributed by atoms with van der Waals surface area (Å²) < 4.78 is 10.7. The average molecular weight is 268 g/mol. The third kappa shape index (κ3) is 6.52. The van der Waals surface area contributed by atoms with E-state index in [0.29, 0.717) is 25.6 Å². The van der Waals surface area contributed by atoms with Crippen LogP contribution in [-0.4, -0.2) is 42.1 Å². The van der Waals surface area contributed by atoms with E-state index in [0.717, 1.165) is 5.56 Å². The van der Waals surface area contributed by atoms with Crippen molar-refractivity contribution in [2.24, 2.45) is 0 Å². The molecule has 0 fully saturated rings. The Morgan fingerprint density at radius 2 is 2.16 bits per heavy atom. The summed E-state index contributed by atoms with van der Waals surface area (Å²) in [6, 6.07) is 3.80. The fourth-order valence-electron chi connectivity index (χ4n) is 1.52. The topological polar surface area (TPSA) is 63.6 Å². The lowest BCUT2D eigenvalue weighted by atomic mass is 10.2. The molecule has 0 bridgehead atoms. The number of ether oxygens (including phenoxy) is 2. The van der Waals surface area contributed by atoms with Gasteiger partial charge in [0.2, 0.25) is 5.88 Å². The molecule has 0 saturated heterocycles. The van der Waals surface area contributed by atoms with Gasteiger partial charge >= 0.3 is 0 Å². The number of methoxy groups -OCH3 is 1. The van der Waals surface area contributed by atoms with Crippen LogP contribution in [0.1, 0.15) is 26.3 Å². The molecule has 1 unspecified atom stereocenters. The van der Waals surface area contributed by atoms with Gasteiger partial charge in [0, 0.05) is 24.8 Å². The maximum atomic E-state index is 9.78. The number of aromatic nitrogens is 1. The zero-order chi connectivity index (χ0) is 14.3. The Morgan fingerprint density at radius 1 is 1.42 bits per heavy atom. The van der Waals surface area contributed by atoms with Gasteiger partial charge in [0.1, 0.15) is 0 Å². The molecule has 1 aromatic heterocycles. The van der Waals surface area contributed by atoms with Crippen molar-refractivity contribution in [2.75, 3.05) is 20.3 Å². The SMILES string of the molecule is COc1ncccc1CNCC(O)COC(C)(C)C. The fraction of sp³-hybridized carbons (Fsp3) is 0.643. The van der Waals surface area contributed by atoms with Crippen LogP contribution >= 0.6 is 0 Å². The van der Waals surface area contributed by atoms with E-state index in [1.165, 1.54) is 0 Å². The summed E-state index contributed by atoms with van der Waals surface area (Å²) in [6.07, 6.45) is 1.16. The summed E-state index contributed by atoms with van der Waals surface area (Å²) in [5, 5.41) is 12.9. The number of nitrogens with zero attached hydrogens (tertiary/aromatic N) is 1. The molecule has 108 valence electrons. The van der Waals surface area contributed by atoms with Gasteiger partial charge in [-0.05, 0) is 26.8 Å². The highest BCUT2D eigenvalue weighted by atomic mass is 16.5. The minimum absolute atomic E-state index is 0.229. The van der Waals surface area contributed by atoms with Crippen LogP contribution in [-0.2, 0) is 11.3 Å². The van der Waals surface area contributed by atoms with Crippen LogP contribution < -0.4 is 10.1 Å². The summed E-state index contributed by atoms with van der Waals surface area (Å²) >= 11 is 0. The summed E-state index contributed by atoms with van der Waals surface area (Å²) in [4.78, 5) is 4.11. The molecule has 0 aliphatic carbocycles. The van der Waals surface area contributed by atoms with Crippen molar-refractivity contribution in [1.29, 1.82) is 0 Å². The summed E-state index contributed by atoms with van der Waals surface area (Å²) in [6.45, 7) is 7.29. The Hall–Kier alpha value is -1.17. The molecule has 2 N–H and O–H groups in total. The van der Waals surface area contributed by atoms with Gasteiger partial charge in [0.05, 0.1) is 25.4 Å². The largest absolute Gasteiger partial charge is 0.481 e. The zero-order valence-electron chi connectivity index (χ0n) is 12.1. The van der Waals surface area contributed by atoms with Crippen molar-refractivity contribution in [3.63, 3.8) is 0 Å². The first-order chi connectivity index (χ1) is 8.92. The molecule has 1 aromatic rings. The fourth-order valence-corrected chi connectivity index (χ4v) is 1.52. The highest BCUT2D eigenvalue weighted by Crippen LogP contribution is 2.12. The van der Waals surface area contributed by atoms with Crippen molar-refractivity contribution in [2.45, 2.75) is 39.0 Å². The molecule has 5 heteroatoms. The van der Waals surface area contributed by atoms with Crippen LogP contribution in [0.4, 0.5) is 0 Å². The standard InChI is InChI=1S/C14H24N2O3/c1-14(2,3)19-10-12(17)9-15-8-11-6-5-7-16-13(11)18-4/h5-7,12,15,17H,8-10H2,1-4H3. The van der Waals surface area contributed by atoms with E-state index in [9.17, 15) is 5.11 Å². The highest BCUT2D eigenvalue weighted by Gasteiger charge is 2.13. The Labute approximate surface area is 115 Å². The number of aliphatic hydroxyl groups is 1. The first-order valence-corrected chi connectivity index (χ1v) is 6.43. The van der Waals surface area contributed by atoms with Crippen molar-refractivity contribution < 1.29 is 14.6 Å². The van der Waals surface area contributed by atoms with E-state index >= 15 is 0 Å². The van der Waals surface area contributed by atoms with E-state index in [4.69, 9.17) is 9.47 Å². The van der Waals surface area contributed by atoms with Crippen LogP contribution in [0.2, 0.25) is 0 Å². The number of hydrogen-bond acceptors (Lipinski definition) is 5. The van der Waals surface area contributed by atoms with Crippen molar-refractivity contribution in [3.8, 4) is 5.88 Å². The smallest absolute Gasteiger partial charge is 0.217 e. The molecular weight excluding hydrogens is 244 g/mol. The van der Waals surface area contributed by atoms with Gasteiger partial charge in [-0.3, -0.25) is 0 Å². The molecular formula is C14H24N2O3. The summed E-state index contributed by atoms with van der Waals surface area (Å²) in [5.74, 6) is 0.607. The normalized spacial score (nSPS) is 13.3. The van der Waals surface area contributed by atoms with Crippen molar-refractivity contribution in [3.05, 3.63) is 23.9 Å². The molecule has 1 atom stereocenters. The molecule has 0 aliphatic rings. The van der Waals surface area contributed by atoms with Crippen LogP contribution in [0.15, 0.2) is 18.3 Å². The van der Waals surface area contributed by atoms with Crippen LogP contribution in [0.5, 0.6) is 5.88 Å². The number of pyridine rings is 1. The van der Waals surface area contributed by atoms with Gasteiger partial charge in [-0.2, -0.15) is 0 Å². The van der Waals surface area contributed by atoms with Crippen molar-refractivity contribution >= 4 is 0 Å². The number of rotatable bonds is 7. The summed E-state index contributed by atoms with van der Waals surface area (Å²) in [7, 11) is 1.60. The van der Waals surface area contributed by atoms with Crippen LogP contribution in [0.25, 0.3) is 0 Å². The second-order valence-electron chi connectivity index (χ2n) is 5.38. The number of aliphatic hydroxyl groups excluding tert-OH is 1. The van der Waals surface area contributed by atoms with E-state index in [1.54, 1.807) is 13.3 Å². The first-order valence-electron chi connectivity index (χ1n) is 6.43. The third-order valence-electron chi connectivity index (χ3n) is 2.45. The molecule has 0 radical (unpaired) electrons. The maximum absolute atomic E-state index is 9.78. The lowest BCUT2D eigenvalue weighted by Crippen LogP contribution is -2.33. The van der Waals surface area contributed by atoms with Crippen molar-refractivity contribution in [1.82, 2.24) is 10.3 Å². The monoisotopic (exact) mass is 268 g/mol.